The Labute approximate surface area is 164 Å². The predicted octanol–water partition coefficient (Wildman–Crippen LogP) is 3.80. The van der Waals surface area contributed by atoms with Crippen molar-refractivity contribution in [3.63, 3.8) is 0 Å². The third kappa shape index (κ3) is 3.66. The van der Waals surface area contributed by atoms with E-state index in [9.17, 15) is 14.0 Å². The van der Waals surface area contributed by atoms with E-state index in [1.807, 2.05) is 40.1 Å². The highest BCUT2D eigenvalue weighted by Crippen LogP contribution is 2.42. The molecule has 5 heteroatoms. The average molecular weight is 380 g/mol. The van der Waals surface area contributed by atoms with Crippen LogP contribution >= 0.6 is 0 Å². The zero-order valence-electron chi connectivity index (χ0n) is 15.9. The normalized spacial score (nSPS) is 19.1. The smallest absolute Gasteiger partial charge is 0.233 e. The topological polar surface area (TPSA) is 40.6 Å². The summed E-state index contributed by atoms with van der Waals surface area (Å²) in [5, 5.41) is 0. The van der Waals surface area contributed by atoms with Gasteiger partial charge in [-0.3, -0.25) is 9.59 Å². The second-order valence-corrected chi connectivity index (χ2v) is 7.86. The Balaban J connectivity index is 1.40. The van der Waals surface area contributed by atoms with Crippen LogP contribution in [0.2, 0.25) is 0 Å². The van der Waals surface area contributed by atoms with Crippen LogP contribution < -0.4 is 4.90 Å². The Bertz CT molecular complexity index is 843. The Morgan fingerprint density at radius 2 is 1.61 bits per heavy atom. The molecule has 4 nitrogen and oxygen atoms in total. The van der Waals surface area contributed by atoms with Gasteiger partial charge in [-0.1, -0.05) is 30.3 Å². The number of hydrogen-bond donors (Lipinski definition) is 0. The van der Waals surface area contributed by atoms with Crippen LogP contribution in [-0.4, -0.2) is 36.3 Å². The molecule has 28 heavy (non-hydrogen) atoms. The fraction of sp³-hybridized carbons (Fsp3) is 0.391. The Morgan fingerprint density at radius 1 is 0.929 bits per heavy atom. The predicted molar refractivity (Wildman–Crippen MR) is 106 cm³/mol. The second kappa shape index (κ2) is 7.74. The van der Waals surface area contributed by atoms with E-state index >= 15 is 0 Å². The number of para-hydroxylation sites is 1. The lowest BCUT2D eigenvalue weighted by molar-refractivity contribution is -0.140. The number of nitrogens with zero attached hydrogens (tertiary/aromatic N) is 2. The summed E-state index contributed by atoms with van der Waals surface area (Å²) in [7, 11) is 0. The van der Waals surface area contributed by atoms with E-state index in [1.165, 1.54) is 12.1 Å². The highest BCUT2D eigenvalue weighted by molar-refractivity contribution is 5.98. The van der Waals surface area contributed by atoms with Crippen LogP contribution in [0.4, 0.5) is 10.1 Å². The minimum absolute atomic E-state index is 0.0460. The number of carbonyl (C=O) groups excluding carboxylic acids is 2. The molecule has 0 bridgehead atoms. The number of piperidine rings is 2. The van der Waals surface area contributed by atoms with Crippen molar-refractivity contribution >= 4 is 17.5 Å². The van der Waals surface area contributed by atoms with E-state index in [0.29, 0.717) is 25.9 Å². The first-order chi connectivity index (χ1) is 13.6. The van der Waals surface area contributed by atoms with Gasteiger partial charge in [-0.2, -0.15) is 0 Å². The number of benzene rings is 2. The van der Waals surface area contributed by atoms with Crippen LogP contribution in [0.1, 0.15) is 31.2 Å². The van der Waals surface area contributed by atoms with Gasteiger partial charge in [0.05, 0.1) is 11.8 Å². The van der Waals surface area contributed by atoms with Crippen molar-refractivity contribution in [1.29, 1.82) is 0 Å². The molecule has 0 unspecified atom stereocenters. The van der Waals surface area contributed by atoms with Crippen molar-refractivity contribution in [2.24, 2.45) is 5.41 Å². The van der Waals surface area contributed by atoms with Gasteiger partial charge in [0.25, 0.3) is 0 Å². The summed E-state index contributed by atoms with van der Waals surface area (Å²) in [6, 6.07) is 15.9. The lowest BCUT2D eigenvalue weighted by Crippen LogP contribution is -2.54. The number of carbonyl (C=O) groups is 2. The van der Waals surface area contributed by atoms with Gasteiger partial charge in [0.15, 0.2) is 0 Å². The molecule has 2 aromatic rings. The van der Waals surface area contributed by atoms with Crippen LogP contribution in [0, 0.1) is 11.2 Å². The zero-order chi connectivity index (χ0) is 19.6. The van der Waals surface area contributed by atoms with Crippen molar-refractivity contribution < 1.29 is 14.0 Å². The van der Waals surface area contributed by atoms with Crippen molar-refractivity contribution in [3.8, 4) is 0 Å². The number of rotatable bonds is 3. The van der Waals surface area contributed by atoms with Gasteiger partial charge in [0.1, 0.15) is 5.82 Å². The molecule has 4 rings (SSSR count). The number of likely N-dealkylation sites (tertiary alicyclic amines) is 1. The van der Waals surface area contributed by atoms with E-state index in [-0.39, 0.29) is 29.5 Å². The molecule has 0 atom stereocenters. The van der Waals surface area contributed by atoms with E-state index in [0.717, 1.165) is 30.6 Å². The van der Waals surface area contributed by atoms with Crippen molar-refractivity contribution in [1.82, 2.24) is 4.90 Å². The molecule has 2 aliphatic heterocycles. The number of hydrogen-bond acceptors (Lipinski definition) is 2. The molecule has 2 amide bonds. The molecule has 2 aromatic carbocycles. The second-order valence-electron chi connectivity index (χ2n) is 7.86. The average Bonchev–Trinajstić information content (AvgIpc) is 2.73. The monoisotopic (exact) mass is 380 g/mol. The van der Waals surface area contributed by atoms with Gasteiger partial charge in [-0.05, 0) is 55.5 Å². The minimum Gasteiger partial charge on any atom is -0.342 e. The van der Waals surface area contributed by atoms with E-state index < -0.39 is 0 Å². The van der Waals surface area contributed by atoms with Gasteiger partial charge in [-0.25, -0.2) is 4.39 Å². The zero-order valence-corrected chi connectivity index (χ0v) is 15.9. The Kier molecular flexibility index (Phi) is 5.16. The molecule has 0 aliphatic carbocycles. The Hall–Kier alpha value is -2.69. The van der Waals surface area contributed by atoms with Crippen LogP contribution in [-0.2, 0) is 16.0 Å². The fourth-order valence-electron chi connectivity index (χ4n) is 4.46. The molecule has 2 saturated heterocycles. The largest absolute Gasteiger partial charge is 0.342 e. The number of amides is 2. The van der Waals surface area contributed by atoms with Crippen molar-refractivity contribution in [2.75, 3.05) is 24.5 Å². The van der Waals surface area contributed by atoms with E-state index in [2.05, 4.69) is 0 Å². The third-order valence-electron chi connectivity index (χ3n) is 6.15. The first kappa shape index (κ1) is 18.7. The molecule has 0 N–H and O–H groups in total. The van der Waals surface area contributed by atoms with E-state index in [4.69, 9.17) is 0 Å². The van der Waals surface area contributed by atoms with Gasteiger partial charge in [-0.15, -0.1) is 0 Å². The third-order valence-corrected chi connectivity index (χ3v) is 6.15. The number of anilines is 1. The fourth-order valence-corrected chi connectivity index (χ4v) is 4.46. The van der Waals surface area contributed by atoms with Crippen molar-refractivity contribution in [2.45, 2.75) is 32.1 Å². The van der Waals surface area contributed by atoms with Gasteiger partial charge in [0, 0.05) is 25.3 Å². The SMILES string of the molecule is O=C(Cc1ccc(F)cc1)N1CCC2(CCCN(c3ccccc3)C2=O)CC1. The van der Waals surface area contributed by atoms with E-state index in [1.54, 1.807) is 12.1 Å². The standard InChI is InChI=1S/C23H25FN2O2/c24-19-9-7-18(8-10-19)17-21(27)25-15-12-23(13-16-25)11-4-14-26(22(23)28)20-5-2-1-3-6-20/h1-3,5-10H,4,11-17H2. The first-order valence-corrected chi connectivity index (χ1v) is 9.97. The van der Waals surface area contributed by atoms with Crippen LogP contribution in [0.5, 0.6) is 0 Å². The summed E-state index contributed by atoms with van der Waals surface area (Å²) < 4.78 is 13.0. The maximum absolute atomic E-state index is 13.3. The van der Waals surface area contributed by atoms with Crippen LogP contribution in [0.25, 0.3) is 0 Å². The number of halogens is 1. The maximum Gasteiger partial charge on any atom is 0.233 e. The maximum atomic E-state index is 13.3. The summed E-state index contributed by atoms with van der Waals surface area (Å²) in [5.41, 5.74) is 1.43. The quantitative estimate of drug-likeness (QED) is 0.813. The molecule has 2 heterocycles. The molecule has 0 aromatic heterocycles. The molecule has 2 fully saturated rings. The summed E-state index contributed by atoms with van der Waals surface area (Å²) in [4.78, 5) is 29.7. The van der Waals surface area contributed by atoms with Gasteiger partial charge >= 0.3 is 0 Å². The lowest BCUT2D eigenvalue weighted by atomic mass is 9.71. The van der Waals surface area contributed by atoms with Gasteiger partial charge in [0.2, 0.25) is 11.8 Å². The molecular formula is C23H25FN2O2. The molecule has 1 spiro atoms. The highest BCUT2D eigenvalue weighted by atomic mass is 19.1. The highest BCUT2D eigenvalue weighted by Gasteiger charge is 2.46. The molecule has 2 aliphatic rings. The minimum atomic E-state index is -0.346. The summed E-state index contributed by atoms with van der Waals surface area (Å²) in [6.07, 6.45) is 3.59. The summed E-state index contributed by atoms with van der Waals surface area (Å²) >= 11 is 0. The molecule has 0 saturated carbocycles. The van der Waals surface area contributed by atoms with Crippen molar-refractivity contribution in [3.05, 3.63) is 66.0 Å². The molecular weight excluding hydrogens is 355 g/mol. The Morgan fingerprint density at radius 3 is 2.29 bits per heavy atom. The summed E-state index contributed by atoms with van der Waals surface area (Å²) in [5.74, 6) is -0.0462. The summed E-state index contributed by atoms with van der Waals surface area (Å²) in [6.45, 7) is 1.97. The lowest BCUT2D eigenvalue weighted by Gasteiger charge is -2.46. The van der Waals surface area contributed by atoms with Crippen LogP contribution in [0.15, 0.2) is 54.6 Å². The van der Waals surface area contributed by atoms with Gasteiger partial charge < -0.3 is 9.80 Å². The first-order valence-electron chi connectivity index (χ1n) is 9.97. The molecule has 146 valence electrons. The molecule has 0 radical (unpaired) electrons. The van der Waals surface area contributed by atoms with Crippen LogP contribution in [0.3, 0.4) is 0 Å².